The fraction of sp³-hybridized carbons (Fsp3) is 0.167. The fourth-order valence-electron chi connectivity index (χ4n) is 1.67. The minimum atomic E-state index is -1.19. The number of para-hydroxylation sites is 1. The first-order valence-electron chi connectivity index (χ1n) is 5.61. The van der Waals surface area contributed by atoms with Gasteiger partial charge in [-0.25, -0.2) is 10.6 Å². The summed E-state index contributed by atoms with van der Waals surface area (Å²) in [5.74, 6) is 5.54. The van der Waals surface area contributed by atoms with E-state index in [4.69, 9.17) is 22.2 Å². The van der Waals surface area contributed by atoms with Crippen LogP contribution < -0.4 is 16.0 Å². The van der Waals surface area contributed by atoms with Gasteiger partial charge in [0.05, 0.1) is 5.02 Å². The van der Waals surface area contributed by atoms with E-state index in [0.717, 1.165) is 11.8 Å². The van der Waals surface area contributed by atoms with Crippen molar-refractivity contribution in [1.29, 1.82) is 0 Å². The molecule has 1 aliphatic heterocycles. The van der Waals surface area contributed by atoms with Crippen molar-refractivity contribution in [2.75, 3.05) is 6.61 Å². The molecule has 0 saturated carbocycles. The number of ether oxygens (including phenoxy) is 1. The molecular formula is C12H12ClN3O3S. The highest BCUT2D eigenvalue weighted by Gasteiger charge is 2.43. The lowest BCUT2D eigenvalue weighted by Crippen LogP contribution is -2.54. The Hall–Kier alpha value is -1.70. The van der Waals surface area contributed by atoms with Crippen LogP contribution in [-0.2, 0) is 4.79 Å². The van der Waals surface area contributed by atoms with Gasteiger partial charge in [-0.15, -0.1) is 0 Å². The average molecular weight is 314 g/mol. The van der Waals surface area contributed by atoms with E-state index in [1.165, 1.54) is 11.1 Å². The molecule has 1 heterocycles. The molecule has 2 amide bonds. The largest absolute Gasteiger partial charge is 0.488 e. The molecule has 0 fully saturated rings. The fourth-order valence-corrected chi connectivity index (χ4v) is 2.71. The molecule has 0 spiro atoms. The monoisotopic (exact) mass is 313 g/mol. The molecule has 1 unspecified atom stereocenters. The van der Waals surface area contributed by atoms with Crippen LogP contribution in [0.5, 0.6) is 5.75 Å². The molecule has 0 radical (unpaired) electrons. The highest BCUT2D eigenvalue weighted by atomic mass is 35.5. The Morgan fingerprint density at radius 3 is 2.95 bits per heavy atom. The maximum atomic E-state index is 11.7. The molecule has 0 aromatic heterocycles. The predicted molar refractivity (Wildman–Crippen MR) is 77.0 cm³/mol. The summed E-state index contributed by atoms with van der Waals surface area (Å²) in [6, 6.07) is 6.29. The maximum absolute atomic E-state index is 11.7. The summed E-state index contributed by atoms with van der Waals surface area (Å²) in [7, 11) is 0. The van der Waals surface area contributed by atoms with Crippen molar-refractivity contribution in [1.82, 2.24) is 10.3 Å². The summed E-state index contributed by atoms with van der Waals surface area (Å²) in [6.07, 6.45) is 2.11. The number of amides is 2. The van der Waals surface area contributed by atoms with Gasteiger partial charge in [0.25, 0.3) is 0 Å². The van der Waals surface area contributed by atoms with Crippen LogP contribution in [0.4, 0.5) is 4.79 Å². The Bertz CT molecular complexity index is 555. The van der Waals surface area contributed by atoms with Gasteiger partial charge >= 0.3 is 6.03 Å². The zero-order valence-corrected chi connectivity index (χ0v) is 11.9. The van der Waals surface area contributed by atoms with Crippen molar-refractivity contribution < 1.29 is 14.3 Å². The van der Waals surface area contributed by atoms with Gasteiger partial charge < -0.3 is 4.74 Å². The van der Waals surface area contributed by atoms with Crippen molar-refractivity contribution in [3.8, 4) is 5.75 Å². The quantitative estimate of drug-likeness (QED) is 0.383. The van der Waals surface area contributed by atoms with Crippen LogP contribution in [0.25, 0.3) is 0 Å². The number of carbonyl (C=O) groups excluding carboxylic acids is 2. The number of hydrogen-bond donors (Lipinski definition) is 2. The van der Waals surface area contributed by atoms with Gasteiger partial charge in [-0.1, -0.05) is 35.5 Å². The van der Waals surface area contributed by atoms with E-state index in [9.17, 15) is 9.59 Å². The van der Waals surface area contributed by atoms with Crippen LogP contribution in [-0.4, -0.2) is 28.7 Å². The van der Waals surface area contributed by atoms with Gasteiger partial charge in [0, 0.05) is 6.20 Å². The van der Waals surface area contributed by atoms with Gasteiger partial charge in [0.15, 0.2) is 11.2 Å². The van der Waals surface area contributed by atoms with Gasteiger partial charge in [0.2, 0.25) is 0 Å². The zero-order valence-electron chi connectivity index (χ0n) is 10.3. The molecule has 0 saturated heterocycles. The predicted octanol–water partition coefficient (Wildman–Crippen LogP) is 1.72. The molecule has 0 bridgehead atoms. The third-order valence-corrected chi connectivity index (χ3v) is 4.08. The van der Waals surface area contributed by atoms with Crippen molar-refractivity contribution >= 4 is 35.7 Å². The minimum absolute atomic E-state index is 0.0503. The number of nitrogens with two attached hydrogens (primary N) is 1. The summed E-state index contributed by atoms with van der Waals surface area (Å²) in [5.41, 5.74) is 1.99. The van der Waals surface area contributed by atoms with Gasteiger partial charge in [-0.05, 0) is 17.5 Å². The number of carbonyl (C=O) groups is 2. The molecule has 8 heteroatoms. The summed E-state index contributed by atoms with van der Waals surface area (Å²) in [4.78, 5) is 23.1. The second-order valence-electron chi connectivity index (χ2n) is 3.90. The Morgan fingerprint density at radius 2 is 2.30 bits per heavy atom. The highest BCUT2D eigenvalue weighted by Crippen LogP contribution is 2.36. The number of hydrazine groups is 1. The topological polar surface area (TPSA) is 84.7 Å². The minimum Gasteiger partial charge on any atom is -0.488 e. The Morgan fingerprint density at radius 1 is 1.55 bits per heavy atom. The van der Waals surface area contributed by atoms with Crippen LogP contribution in [0.15, 0.2) is 35.9 Å². The van der Waals surface area contributed by atoms with E-state index < -0.39 is 10.9 Å². The first-order chi connectivity index (χ1) is 9.63. The molecule has 0 aliphatic carbocycles. The number of aldehydes is 1. The third kappa shape index (κ3) is 2.74. The maximum Gasteiger partial charge on any atom is 0.337 e. The molecular weight excluding hydrogens is 302 g/mol. The number of halogens is 1. The third-order valence-electron chi connectivity index (χ3n) is 2.69. The van der Waals surface area contributed by atoms with E-state index in [2.05, 4.69) is 0 Å². The van der Waals surface area contributed by atoms with E-state index in [1.807, 2.05) is 5.43 Å². The van der Waals surface area contributed by atoms with E-state index in [1.54, 1.807) is 29.7 Å². The second kappa shape index (κ2) is 6.17. The number of hydrogen-bond acceptors (Lipinski definition) is 5. The molecule has 3 N–H and O–H groups in total. The summed E-state index contributed by atoms with van der Waals surface area (Å²) >= 11 is 7.14. The number of rotatable bonds is 4. The molecule has 1 atom stereocenters. The van der Waals surface area contributed by atoms with Crippen LogP contribution >= 0.6 is 23.4 Å². The zero-order chi connectivity index (χ0) is 14.6. The second-order valence-corrected chi connectivity index (χ2v) is 5.53. The van der Waals surface area contributed by atoms with Crippen molar-refractivity contribution in [3.05, 3.63) is 40.9 Å². The van der Waals surface area contributed by atoms with Crippen molar-refractivity contribution in [2.24, 2.45) is 5.84 Å². The molecule has 6 nitrogen and oxygen atoms in total. The first-order valence-corrected chi connectivity index (χ1v) is 6.87. The van der Waals surface area contributed by atoms with Crippen molar-refractivity contribution in [2.45, 2.75) is 4.87 Å². The Balaban J connectivity index is 2.15. The molecule has 106 valence electrons. The summed E-state index contributed by atoms with van der Waals surface area (Å²) in [6.45, 7) is -0.0503. The van der Waals surface area contributed by atoms with Crippen LogP contribution in [0.1, 0.15) is 0 Å². The lowest BCUT2D eigenvalue weighted by atomic mass is 10.3. The van der Waals surface area contributed by atoms with Crippen LogP contribution in [0, 0.1) is 0 Å². The van der Waals surface area contributed by atoms with Gasteiger partial charge in [-0.2, -0.15) is 0 Å². The highest BCUT2D eigenvalue weighted by molar-refractivity contribution is 8.04. The first kappa shape index (κ1) is 14.7. The van der Waals surface area contributed by atoms with E-state index in [-0.39, 0.29) is 6.61 Å². The number of nitrogens with zero attached hydrogens (tertiary/aromatic N) is 1. The lowest BCUT2D eigenvalue weighted by Gasteiger charge is -2.31. The average Bonchev–Trinajstić information content (AvgIpc) is 2.90. The summed E-state index contributed by atoms with van der Waals surface area (Å²) in [5, 5.41) is 2.05. The summed E-state index contributed by atoms with van der Waals surface area (Å²) < 4.78 is 5.55. The normalized spacial score (nSPS) is 20.8. The van der Waals surface area contributed by atoms with E-state index >= 15 is 0 Å². The lowest BCUT2D eigenvalue weighted by molar-refractivity contribution is -0.113. The van der Waals surface area contributed by atoms with Gasteiger partial charge in [-0.3, -0.25) is 15.1 Å². The van der Waals surface area contributed by atoms with Gasteiger partial charge in [0.1, 0.15) is 12.4 Å². The Kier molecular flexibility index (Phi) is 4.53. The van der Waals surface area contributed by atoms with Crippen LogP contribution in [0.3, 0.4) is 0 Å². The molecule has 2 rings (SSSR count). The van der Waals surface area contributed by atoms with Crippen molar-refractivity contribution in [3.63, 3.8) is 0 Å². The van der Waals surface area contributed by atoms with E-state index in [0.29, 0.717) is 17.1 Å². The number of urea groups is 1. The molecule has 20 heavy (non-hydrogen) atoms. The standard InChI is InChI=1S/C12H12ClN3O3S/c13-9-3-1-2-4-10(9)19-8-12(7-17)16(5-6-20-12)11(18)15-14/h1-7H,8,14H2,(H,15,18). The SMILES string of the molecule is NNC(=O)N1C=CSC1(C=O)COc1ccccc1Cl. The smallest absolute Gasteiger partial charge is 0.337 e. The Labute approximate surface area is 124 Å². The molecule has 1 aliphatic rings. The number of nitrogens with one attached hydrogen (secondary N) is 1. The van der Waals surface area contributed by atoms with Crippen LogP contribution in [0.2, 0.25) is 5.02 Å². The molecule has 1 aromatic rings. The number of benzene rings is 1. The molecule has 1 aromatic carbocycles. The number of thioether (sulfide) groups is 1.